The topological polar surface area (TPSA) is 112 Å². The Hall–Kier alpha value is -1.60. The number of amides is 1. The number of likely N-dealkylation sites (tertiary alicyclic amines) is 1. The minimum Gasteiger partial charge on any atom is -0.497 e. The molecule has 0 aromatic rings. The smallest absolute Gasteiger partial charge is 0.280 e. The van der Waals surface area contributed by atoms with Gasteiger partial charge in [-0.25, -0.2) is 8.42 Å². The number of thioether (sulfide) groups is 1. The summed E-state index contributed by atoms with van der Waals surface area (Å²) < 4.78 is 34.8. The number of nitrogens with zero attached hydrogens (tertiary/aromatic N) is 5. The van der Waals surface area contributed by atoms with Gasteiger partial charge in [-0.2, -0.15) is 9.41 Å². The number of hydrogen-bond acceptors (Lipinski definition) is 9. The zero-order chi connectivity index (χ0) is 29.0. The van der Waals surface area contributed by atoms with Crippen LogP contribution in [0, 0.1) is 11.8 Å². The van der Waals surface area contributed by atoms with E-state index in [9.17, 15) is 13.2 Å². The lowest BCUT2D eigenvalue weighted by atomic mass is 9.95. The summed E-state index contributed by atoms with van der Waals surface area (Å²) in [6.07, 6.45) is 7.89. The van der Waals surface area contributed by atoms with Gasteiger partial charge in [0.25, 0.3) is 5.91 Å². The van der Waals surface area contributed by atoms with Crippen LogP contribution in [0.5, 0.6) is 0 Å². The lowest BCUT2D eigenvalue weighted by Crippen LogP contribution is -2.52. The Balaban J connectivity index is 1.32. The molecule has 2 N–H and O–H groups in total. The van der Waals surface area contributed by atoms with Gasteiger partial charge in [0.05, 0.1) is 7.11 Å². The molecule has 40 heavy (non-hydrogen) atoms. The lowest BCUT2D eigenvalue weighted by molar-refractivity contribution is -0.125. The Morgan fingerprint density at radius 3 is 2.38 bits per heavy atom. The maximum atomic E-state index is 13.9. The first-order chi connectivity index (χ1) is 19.0. The molecule has 0 spiro atoms. The number of carbonyl (C=O) groups excluding carboxylic acids is 1. The Morgan fingerprint density at radius 1 is 1.18 bits per heavy atom. The van der Waals surface area contributed by atoms with Crippen molar-refractivity contribution in [1.29, 1.82) is 0 Å². The van der Waals surface area contributed by atoms with Crippen molar-refractivity contribution in [3.63, 3.8) is 0 Å². The molecule has 0 aromatic carbocycles. The van der Waals surface area contributed by atoms with Crippen LogP contribution in [0.2, 0.25) is 0 Å². The molecule has 3 unspecified atom stereocenters. The van der Waals surface area contributed by atoms with Crippen molar-refractivity contribution in [2.24, 2.45) is 22.8 Å². The molecule has 3 fully saturated rings. The van der Waals surface area contributed by atoms with E-state index in [1.165, 1.54) is 24.6 Å². The highest BCUT2D eigenvalue weighted by Gasteiger charge is 2.45. The summed E-state index contributed by atoms with van der Waals surface area (Å²) in [5.74, 6) is 6.78. The number of hydrazone groups is 1. The molecular formula is C28H48N6O4S2. The van der Waals surface area contributed by atoms with E-state index in [2.05, 4.69) is 21.9 Å². The second kappa shape index (κ2) is 13.6. The third-order valence-electron chi connectivity index (χ3n) is 8.63. The van der Waals surface area contributed by atoms with Crippen LogP contribution in [-0.2, 0) is 19.6 Å². The quantitative estimate of drug-likeness (QED) is 0.187. The number of piperidine rings is 1. The van der Waals surface area contributed by atoms with Crippen molar-refractivity contribution in [3.8, 4) is 0 Å². The van der Waals surface area contributed by atoms with E-state index in [0.29, 0.717) is 25.4 Å². The van der Waals surface area contributed by atoms with Gasteiger partial charge in [-0.3, -0.25) is 9.69 Å². The molecule has 4 rings (SSSR count). The number of nitrogens with two attached hydrogens (primary N) is 1. The van der Waals surface area contributed by atoms with Crippen LogP contribution >= 0.6 is 11.8 Å². The number of sulfonamides is 1. The molecule has 0 bridgehead atoms. The van der Waals surface area contributed by atoms with Crippen LogP contribution in [0.3, 0.4) is 0 Å². The third kappa shape index (κ3) is 7.61. The summed E-state index contributed by atoms with van der Waals surface area (Å²) in [4.78, 5) is 20.0. The number of rotatable bonds is 9. The second-order valence-electron chi connectivity index (χ2n) is 12.0. The van der Waals surface area contributed by atoms with E-state index in [1.807, 2.05) is 37.8 Å². The number of ether oxygens (including phenoxy) is 1. The van der Waals surface area contributed by atoms with Gasteiger partial charge in [-0.05, 0) is 82.3 Å². The standard InChI is InChI=1S/C28H48N6O4S2/c1-20-16-25(38-5)17-21(2)26(20)40(36,37)34(24-6-7-24)18-22(3)39-27(30-29)28(35)33-14-12-32(13-15-33)19-23-8-10-31(4)11-9-23/h16-17,20,22-24,26H,6-15,18-19,29H2,1-5H3. The van der Waals surface area contributed by atoms with Crippen LogP contribution in [0.15, 0.2) is 28.6 Å². The van der Waals surface area contributed by atoms with E-state index >= 15 is 0 Å². The first kappa shape index (κ1) is 31.3. The third-order valence-corrected chi connectivity index (χ3v) is 12.2. The van der Waals surface area contributed by atoms with Crippen molar-refractivity contribution in [3.05, 3.63) is 23.5 Å². The number of piperazine rings is 1. The molecule has 2 aliphatic heterocycles. The first-order valence-corrected chi connectivity index (χ1v) is 17.0. The highest BCUT2D eigenvalue weighted by atomic mass is 32.2. The minimum atomic E-state index is -3.61. The molecule has 226 valence electrons. The zero-order valence-electron chi connectivity index (χ0n) is 24.8. The average molecular weight is 597 g/mol. The van der Waals surface area contributed by atoms with Gasteiger partial charge in [0.15, 0.2) is 5.04 Å². The van der Waals surface area contributed by atoms with Crippen LogP contribution < -0.4 is 5.84 Å². The summed E-state index contributed by atoms with van der Waals surface area (Å²) in [6, 6.07) is 0.00691. The van der Waals surface area contributed by atoms with Crippen LogP contribution in [0.1, 0.15) is 46.5 Å². The van der Waals surface area contributed by atoms with E-state index in [4.69, 9.17) is 10.6 Å². The highest BCUT2D eigenvalue weighted by molar-refractivity contribution is 8.16. The molecule has 1 saturated carbocycles. The lowest BCUT2D eigenvalue weighted by Gasteiger charge is -2.38. The van der Waals surface area contributed by atoms with Crippen molar-refractivity contribution in [2.75, 3.05) is 66.5 Å². The molecule has 4 aliphatic rings. The second-order valence-corrected chi connectivity index (χ2v) is 15.4. The Labute approximate surface area is 245 Å². The van der Waals surface area contributed by atoms with Crippen molar-refractivity contribution in [1.82, 2.24) is 19.0 Å². The number of hydrogen-bond donors (Lipinski definition) is 1. The predicted molar refractivity (Wildman–Crippen MR) is 162 cm³/mol. The summed E-state index contributed by atoms with van der Waals surface area (Å²) in [5, 5.41) is 3.30. The zero-order valence-corrected chi connectivity index (χ0v) is 26.4. The molecule has 12 heteroatoms. The number of methoxy groups -OCH3 is 1. The molecule has 2 aliphatic carbocycles. The Kier molecular flexibility index (Phi) is 10.6. The monoisotopic (exact) mass is 596 g/mol. The van der Waals surface area contributed by atoms with E-state index in [0.717, 1.165) is 57.1 Å². The van der Waals surface area contributed by atoms with Crippen LogP contribution in [0.25, 0.3) is 0 Å². The fraction of sp³-hybridized carbons (Fsp3) is 0.786. The van der Waals surface area contributed by atoms with Gasteiger partial charge in [0, 0.05) is 50.6 Å². The fourth-order valence-corrected chi connectivity index (χ4v) is 9.72. The van der Waals surface area contributed by atoms with Crippen molar-refractivity contribution in [2.45, 2.75) is 63.0 Å². The van der Waals surface area contributed by atoms with Crippen molar-refractivity contribution >= 4 is 32.7 Å². The first-order valence-electron chi connectivity index (χ1n) is 14.6. The number of carbonyl (C=O) groups is 1. The van der Waals surface area contributed by atoms with E-state index in [1.54, 1.807) is 11.4 Å². The average Bonchev–Trinajstić information content (AvgIpc) is 3.76. The van der Waals surface area contributed by atoms with Gasteiger partial charge in [0.1, 0.15) is 11.0 Å². The van der Waals surface area contributed by atoms with Gasteiger partial charge in [-0.1, -0.05) is 25.6 Å². The molecule has 3 atom stereocenters. The number of allylic oxidation sites excluding steroid dienone is 2. The minimum absolute atomic E-state index is 0.00691. The van der Waals surface area contributed by atoms with Crippen molar-refractivity contribution < 1.29 is 17.9 Å². The predicted octanol–water partition coefficient (Wildman–Crippen LogP) is 2.16. The van der Waals surface area contributed by atoms with Gasteiger partial charge in [-0.15, -0.1) is 0 Å². The van der Waals surface area contributed by atoms with E-state index in [-0.39, 0.29) is 28.2 Å². The van der Waals surface area contributed by atoms with Gasteiger partial charge < -0.3 is 20.4 Å². The van der Waals surface area contributed by atoms with Gasteiger partial charge in [0.2, 0.25) is 10.0 Å². The maximum absolute atomic E-state index is 13.9. The normalized spacial score (nSPS) is 26.9. The fourth-order valence-electron chi connectivity index (χ4n) is 6.21. The Morgan fingerprint density at radius 2 is 1.82 bits per heavy atom. The SMILES string of the molecule is COC1=CC(C)C(S(=O)(=O)N(CC(C)SC(=NN)C(=O)N2CCN(CC3CCN(C)CC3)CC2)C2CC2)C(C)=C1. The molecular weight excluding hydrogens is 548 g/mol. The molecule has 0 aromatic heterocycles. The highest BCUT2D eigenvalue weighted by Crippen LogP contribution is 2.37. The van der Waals surface area contributed by atoms with Crippen LogP contribution in [0.4, 0.5) is 0 Å². The molecule has 2 saturated heterocycles. The molecule has 0 radical (unpaired) electrons. The molecule has 1 amide bonds. The summed E-state index contributed by atoms with van der Waals surface area (Å²) in [6.45, 7) is 12.5. The summed E-state index contributed by atoms with van der Waals surface area (Å²) >= 11 is 1.28. The van der Waals surface area contributed by atoms with E-state index < -0.39 is 15.3 Å². The molecule has 2 heterocycles. The molecule has 10 nitrogen and oxygen atoms in total. The maximum Gasteiger partial charge on any atom is 0.280 e. The summed E-state index contributed by atoms with van der Waals surface area (Å²) in [5.41, 5.74) is 0.784. The van der Waals surface area contributed by atoms with Crippen LogP contribution in [-0.4, -0.2) is 121 Å². The Bertz CT molecular complexity index is 1090. The summed E-state index contributed by atoms with van der Waals surface area (Å²) in [7, 11) is 0.168. The van der Waals surface area contributed by atoms with Gasteiger partial charge >= 0.3 is 0 Å². The largest absolute Gasteiger partial charge is 0.497 e.